The van der Waals surface area contributed by atoms with Crippen LogP contribution >= 0.6 is 0 Å². The molecule has 6 nitrogen and oxygen atoms in total. The van der Waals surface area contributed by atoms with Gasteiger partial charge in [-0.1, -0.05) is 42.5 Å². The Morgan fingerprint density at radius 1 is 1.00 bits per heavy atom. The van der Waals surface area contributed by atoms with E-state index < -0.39 is 0 Å². The Balaban J connectivity index is 1.34. The quantitative estimate of drug-likeness (QED) is 0.295. The number of rotatable bonds is 12. The molecule has 0 unspecified atom stereocenters. The average Bonchev–Trinajstić information content (AvgIpc) is 2.85. The molecule has 0 radical (unpaired) electrons. The zero-order valence-corrected chi connectivity index (χ0v) is 19.2. The monoisotopic (exact) mass is 439 g/mol. The Kier molecular flexibility index (Phi) is 10.9. The van der Waals surface area contributed by atoms with Crippen molar-refractivity contribution >= 4 is 5.96 Å². The number of hydrogen-bond donors (Lipinski definition) is 2. The lowest BCUT2D eigenvalue weighted by atomic mass is 10.0. The fraction of sp³-hybridized carbons (Fsp3) is 0.500. The van der Waals surface area contributed by atoms with Crippen LogP contribution in [0.1, 0.15) is 37.3 Å². The molecule has 1 fully saturated rings. The summed E-state index contributed by atoms with van der Waals surface area (Å²) in [6.45, 7) is 8.33. The average molecular weight is 440 g/mol. The molecule has 174 valence electrons. The van der Waals surface area contributed by atoms with Gasteiger partial charge in [0.15, 0.2) is 5.96 Å². The van der Waals surface area contributed by atoms with Crippen LogP contribution in [0.3, 0.4) is 0 Å². The molecule has 32 heavy (non-hydrogen) atoms. The Hall–Kier alpha value is -2.57. The van der Waals surface area contributed by atoms with Gasteiger partial charge in [-0.25, -0.2) is 4.99 Å². The lowest BCUT2D eigenvalue weighted by Gasteiger charge is -2.21. The lowest BCUT2D eigenvalue weighted by molar-refractivity contribution is 0.0203. The molecule has 2 N–H and O–H groups in total. The molecule has 0 amide bonds. The Bertz CT molecular complexity index is 775. The highest BCUT2D eigenvalue weighted by Gasteiger charge is 2.13. The minimum Gasteiger partial charge on any atom is -0.489 e. The lowest BCUT2D eigenvalue weighted by Crippen LogP contribution is -2.38. The van der Waals surface area contributed by atoms with E-state index in [-0.39, 0.29) is 0 Å². The Morgan fingerprint density at radius 2 is 1.75 bits per heavy atom. The number of aliphatic imine (C=N–C) groups is 1. The Morgan fingerprint density at radius 3 is 2.50 bits per heavy atom. The van der Waals surface area contributed by atoms with Crippen LogP contribution in [0.5, 0.6) is 5.75 Å². The molecule has 1 aliphatic rings. The number of ether oxygens (including phenoxy) is 3. The highest BCUT2D eigenvalue weighted by molar-refractivity contribution is 5.79. The molecule has 1 saturated heterocycles. The van der Waals surface area contributed by atoms with Crippen LogP contribution in [-0.2, 0) is 22.6 Å². The van der Waals surface area contributed by atoms with Crippen molar-refractivity contribution in [3.8, 4) is 5.75 Å². The Labute approximate surface area is 192 Å². The van der Waals surface area contributed by atoms with Gasteiger partial charge in [0, 0.05) is 39.5 Å². The first kappa shape index (κ1) is 24.1. The van der Waals surface area contributed by atoms with Crippen molar-refractivity contribution in [2.24, 2.45) is 10.9 Å². The van der Waals surface area contributed by atoms with Gasteiger partial charge in [0.2, 0.25) is 0 Å². The second kappa shape index (κ2) is 14.5. The van der Waals surface area contributed by atoms with E-state index in [9.17, 15) is 0 Å². The molecule has 0 atom stereocenters. The summed E-state index contributed by atoms with van der Waals surface area (Å²) in [7, 11) is 0. The van der Waals surface area contributed by atoms with Crippen LogP contribution < -0.4 is 15.4 Å². The van der Waals surface area contributed by atoms with Crippen LogP contribution in [0.2, 0.25) is 0 Å². The number of para-hydroxylation sites is 1. The molecule has 1 aliphatic heterocycles. The van der Waals surface area contributed by atoms with Crippen molar-refractivity contribution in [2.75, 3.05) is 39.5 Å². The summed E-state index contributed by atoms with van der Waals surface area (Å²) >= 11 is 0. The predicted molar refractivity (Wildman–Crippen MR) is 129 cm³/mol. The minimum atomic E-state index is 0.564. The maximum absolute atomic E-state index is 5.84. The van der Waals surface area contributed by atoms with Crippen molar-refractivity contribution < 1.29 is 14.2 Å². The SMILES string of the molecule is CCNC(=NCc1ccc(COc2ccccc2)cc1)NCCCOCC1CCOCC1. The third-order valence-electron chi connectivity index (χ3n) is 5.39. The van der Waals surface area contributed by atoms with Crippen molar-refractivity contribution in [3.63, 3.8) is 0 Å². The topological polar surface area (TPSA) is 64.1 Å². The number of nitrogens with one attached hydrogen (secondary N) is 2. The first-order valence-electron chi connectivity index (χ1n) is 11.8. The number of nitrogens with zero attached hydrogens (tertiary/aromatic N) is 1. The molecule has 2 aromatic rings. The highest BCUT2D eigenvalue weighted by Crippen LogP contribution is 2.15. The van der Waals surface area contributed by atoms with Crippen LogP contribution in [0, 0.1) is 5.92 Å². The summed E-state index contributed by atoms with van der Waals surface area (Å²) in [5.74, 6) is 2.39. The smallest absolute Gasteiger partial charge is 0.191 e. The summed E-state index contributed by atoms with van der Waals surface area (Å²) in [5, 5.41) is 6.71. The van der Waals surface area contributed by atoms with Gasteiger partial charge in [-0.2, -0.15) is 0 Å². The van der Waals surface area contributed by atoms with E-state index >= 15 is 0 Å². The predicted octanol–water partition coefficient (Wildman–Crippen LogP) is 4.15. The molecule has 0 aromatic heterocycles. The summed E-state index contributed by atoms with van der Waals surface area (Å²) in [5.41, 5.74) is 2.32. The molecule has 1 heterocycles. The molecule has 6 heteroatoms. The van der Waals surface area contributed by atoms with Gasteiger partial charge in [0.25, 0.3) is 0 Å². The van der Waals surface area contributed by atoms with Crippen LogP contribution in [0.4, 0.5) is 0 Å². The number of guanidine groups is 1. The van der Waals surface area contributed by atoms with Crippen molar-refractivity contribution in [1.29, 1.82) is 0 Å². The van der Waals surface area contributed by atoms with E-state index in [1.54, 1.807) is 0 Å². The van der Waals surface area contributed by atoms with E-state index in [1.165, 1.54) is 5.56 Å². The van der Waals surface area contributed by atoms with Gasteiger partial charge < -0.3 is 24.8 Å². The largest absolute Gasteiger partial charge is 0.489 e. The maximum atomic E-state index is 5.84. The standard InChI is InChI=1S/C26H37N3O3/c1-2-27-26(28-15-6-16-31-20-24-13-17-30-18-14-24)29-19-22-9-11-23(12-10-22)21-32-25-7-4-3-5-8-25/h3-5,7-12,24H,2,6,13-21H2,1H3,(H2,27,28,29). The normalized spacial score (nSPS) is 14.8. The fourth-order valence-electron chi connectivity index (χ4n) is 3.48. The number of hydrogen-bond acceptors (Lipinski definition) is 4. The van der Waals surface area contributed by atoms with Gasteiger partial charge in [-0.3, -0.25) is 0 Å². The molecule has 0 aliphatic carbocycles. The first-order chi connectivity index (χ1) is 15.8. The van der Waals surface area contributed by atoms with Crippen molar-refractivity contribution in [1.82, 2.24) is 10.6 Å². The molecular formula is C26H37N3O3. The van der Waals surface area contributed by atoms with Crippen LogP contribution in [-0.4, -0.2) is 45.5 Å². The van der Waals surface area contributed by atoms with E-state index in [4.69, 9.17) is 19.2 Å². The zero-order valence-electron chi connectivity index (χ0n) is 19.2. The first-order valence-corrected chi connectivity index (χ1v) is 11.8. The molecule has 2 aromatic carbocycles. The van der Waals surface area contributed by atoms with Gasteiger partial charge in [0.05, 0.1) is 6.54 Å². The highest BCUT2D eigenvalue weighted by atomic mass is 16.5. The zero-order chi connectivity index (χ0) is 22.3. The van der Waals surface area contributed by atoms with E-state index in [0.717, 1.165) is 76.1 Å². The second-order valence-corrected chi connectivity index (χ2v) is 8.02. The maximum Gasteiger partial charge on any atom is 0.191 e. The minimum absolute atomic E-state index is 0.564. The van der Waals surface area contributed by atoms with Crippen molar-refractivity contribution in [2.45, 2.75) is 39.3 Å². The molecule has 3 rings (SSSR count). The molecule has 0 spiro atoms. The van der Waals surface area contributed by atoms with Gasteiger partial charge in [-0.05, 0) is 55.4 Å². The molecular weight excluding hydrogens is 402 g/mol. The number of benzene rings is 2. The second-order valence-electron chi connectivity index (χ2n) is 8.02. The van der Waals surface area contributed by atoms with Crippen LogP contribution in [0.25, 0.3) is 0 Å². The summed E-state index contributed by atoms with van der Waals surface area (Å²) in [6, 6.07) is 18.3. The van der Waals surface area contributed by atoms with Gasteiger partial charge in [-0.15, -0.1) is 0 Å². The van der Waals surface area contributed by atoms with Gasteiger partial charge >= 0.3 is 0 Å². The van der Waals surface area contributed by atoms with E-state index in [0.29, 0.717) is 19.1 Å². The van der Waals surface area contributed by atoms with Crippen molar-refractivity contribution in [3.05, 3.63) is 65.7 Å². The fourth-order valence-corrected chi connectivity index (χ4v) is 3.48. The van der Waals surface area contributed by atoms with Crippen LogP contribution in [0.15, 0.2) is 59.6 Å². The van der Waals surface area contributed by atoms with E-state index in [2.05, 4.69) is 41.8 Å². The summed E-state index contributed by atoms with van der Waals surface area (Å²) in [4.78, 5) is 4.71. The summed E-state index contributed by atoms with van der Waals surface area (Å²) in [6.07, 6.45) is 3.21. The van der Waals surface area contributed by atoms with Gasteiger partial charge in [0.1, 0.15) is 12.4 Å². The third kappa shape index (κ3) is 9.28. The molecule has 0 bridgehead atoms. The third-order valence-corrected chi connectivity index (χ3v) is 5.39. The summed E-state index contributed by atoms with van der Waals surface area (Å²) < 4.78 is 17.0. The van der Waals surface area contributed by atoms with E-state index in [1.807, 2.05) is 30.3 Å². The molecule has 0 saturated carbocycles.